The van der Waals surface area contributed by atoms with Crippen LogP contribution in [0.1, 0.15) is 44.6 Å². The third-order valence-corrected chi connectivity index (χ3v) is 5.42. The molecule has 0 saturated heterocycles. The molecule has 1 aliphatic carbocycles. The molecule has 0 bridgehead atoms. The van der Waals surface area contributed by atoms with Gasteiger partial charge in [0.25, 0.3) is 0 Å². The van der Waals surface area contributed by atoms with Crippen LogP contribution in [0, 0.1) is 10.7 Å². The molecule has 0 aromatic heterocycles. The van der Waals surface area contributed by atoms with Crippen LogP contribution >= 0.6 is 11.8 Å². The highest BCUT2D eigenvalue weighted by molar-refractivity contribution is 8.04. The van der Waals surface area contributed by atoms with Crippen LogP contribution in [-0.2, 0) is 0 Å². The fraction of sp³-hybridized carbons (Fsp3) is 0.562. The first kappa shape index (κ1) is 12.9. The Labute approximate surface area is 119 Å². The molecule has 0 amide bonds. The number of thioether (sulfide) groups is 1. The van der Waals surface area contributed by atoms with E-state index in [4.69, 9.17) is 5.26 Å². The molecule has 0 radical (unpaired) electrons. The first-order chi connectivity index (χ1) is 9.24. The third kappa shape index (κ3) is 2.03. The van der Waals surface area contributed by atoms with Crippen molar-refractivity contribution in [1.82, 2.24) is 0 Å². The Bertz CT molecular complexity index is 506. The summed E-state index contributed by atoms with van der Waals surface area (Å²) in [5, 5.41) is 11.9. The van der Waals surface area contributed by atoms with Crippen molar-refractivity contribution in [3.8, 4) is 5.40 Å². The predicted octanol–water partition coefficient (Wildman–Crippen LogP) is 4.13. The summed E-state index contributed by atoms with van der Waals surface area (Å²) in [7, 11) is 0. The quantitative estimate of drug-likeness (QED) is 0.757. The second kappa shape index (κ2) is 5.09. The number of fused-ring (bicyclic) bond motifs is 3. The van der Waals surface area contributed by atoms with E-state index < -0.39 is 0 Å². The summed E-state index contributed by atoms with van der Waals surface area (Å²) in [6.07, 6.45) is 3.70. The lowest BCUT2D eigenvalue weighted by Gasteiger charge is -2.40. The number of hydrogen-bond donors (Lipinski definition) is 0. The summed E-state index contributed by atoms with van der Waals surface area (Å²) in [6.45, 7) is 4.53. The van der Waals surface area contributed by atoms with Crippen LogP contribution in [0.3, 0.4) is 0 Å². The maximum Gasteiger partial charge on any atom is 0.133 e. The van der Waals surface area contributed by atoms with Crippen molar-refractivity contribution < 1.29 is 0 Å². The Morgan fingerprint density at radius 3 is 2.84 bits per heavy atom. The van der Waals surface area contributed by atoms with E-state index >= 15 is 0 Å². The summed E-state index contributed by atoms with van der Waals surface area (Å²) < 4.78 is 0. The van der Waals surface area contributed by atoms with Gasteiger partial charge in [-0.1, -0.05) is 24.6 Å². The van der Waals surface area contributed by atoms with Crippen LogP contribution in [0.15, 0.2) is 24.3 Å². The Kier molecular flexibility index (Phi) is 3.45. The van der Waals surface area contributed by atoms with Crippen LogP contribution in [0.5, 0.6) is 0 Å². The molecule has 2 nitrogen and oxygen atoms in total. The molecule has 1 aromatic carbocycles. The monoisotopic (exact) mass is 272 g/mol. The Hall–Kier alpha value is -1.14. The molecule has 1 fully saturated rings. The second-order valence-corrected chi connectivity index (χ2v) is 6.86. The van der Waals surface area contributed by atoms with E-state index in [0.717, 1.165) is 0 Å². The van der Waals surface area contributed by atoms with E-state index in [9.17, 15) is 0 Å². The zero-order chi connectivity index (χ0) is 13.4. The van der Waals surface area contributed by atoms with Crippen molar-refractivity contribution in [1.29, 1.82) is 5.26 Å². The number of para-hydroxylation sites is 1. The van der Waals surface area contributed by atoms with Gasteiger partial charge in [0.15, 0.2) is 0 Å². The van der Waals surface area contributed by atoms with Crippen LogP contribution < -0.4 is 4.90 Å². The smallest absolute Gasteiger partial charge is 0.133 e. The van der Waals surface area contributed by atoms with Gasteiger partial charge in [0.1, 0.15) is 5.40 Å². The van der Waals surface area contributed by atoms with Crippen molar-refractivity contribution >= 4 is 17.4 Å². The highest BCUT2D eigenvalue weighted by Gasteiger charge is 2.45. The van der Waals surface area contributed by atoms with Gasteiger partial charge in [-0.15, -0.1) is 0 Å². The van der Waals surface area contributed by atoms with E-state index in [1.807, 2.05) is 0 Å². The number of thiocyanates is 1. The fourth-order valence-corrected chi connectivity index (χ4v) is 4.75. The molecule has 0 N–H and O–H groups in total. The second-order valence-electron chi connectivity index (χ2n) is 5.84. The molecule has 2 aliphatic rings. The SMILES string of the molecule is CC(C)N1c2ccccc2[C@@H]2CCC[C@@H](SC#N)[C@@H]21. The van der Waals surface area contributed by atoms with Crippen molar-refractivity contribution in [2.75, 3.05) is 4.90 Å². The van der Waals surface area contributed by atoms with Crippen LogP contribution in [0.4, 0.5) is 5.69 Å². The lowest BCUT2D eigenvalue weighted by atomic mass is 9.82. The van der Waals surface area contributed by atoms with Gasteiger partial charge in [0, 0.05) is 28.9 Å². The largest absolute Gasteiger partial charge is 0.364 e. The topological polar surface area (TPSA) is 27.0 Å². The average Bonchev–Trinajstić information content (AvgIpc) is 2.75. The van der Waals surface area contributed by atoms with Gasteiger partial charge in [-0.3, -0.25) is 0 Å². The zero-order valence-electron chi connectivity index (χ0n) is 11.5. The normalized spacial score (nSPS) is 28.9. The van der Waals surface area contributed by atoms with Gasteiger partial charge in [0.2, 0.25) is 0 Å². The van der Waals surface area contributed by atoms with Gasteiger partial charge in [-0.25, -0.2) is 0 Å². The Morgan fingerprint density at radius 2 is 2.11 bits per heavy atom. The average molecular weight is 272 g/mol. The highest BCUT2D eigenvalue weighted by Crippen LogP contribution is 2.50. The minimum absolute atomic E-state index is 0.457. The third-order valence-electron chi connectivity index (χ3n) is 4.49. The molecular weight excluding hydrogens is 252 g/mol. The number of nitriles is 1. The zero-order valence-corrected chi connectivity index (χ0v) is 12.4. The van der Waals surface area contributed by atoms with Gasteiger partial charge < -0.3 is 4.90 Å². The summed E-state index contributed by atoms with van der Waals surface area (Å²) >= 11 is 1.48. The number of rotatable bonds is 2. The molecule has 3 rings (SSSR count). The van der Waals surface area contributed by atoms with Crippen LogP contribution in [0.25, 0.3) is 0 Å². The van der Waals surface area contributed by atoms with E-state index in [2.05, 4.69) is 48.4 Å². The van der Waals surface area contributed by atoms with Gasteiger partial charge in [0.05, 0.1) is 0 Å². The van der Waals surface area contributed by atoms with E-state index in [-0.39, 0.29) is 0 Å². The molecular formula is C16H20N2S. The molecule has 0 unspecified atom stereocenters. The van der Waals surface area contributed by atoms with Crippen LogP contribution in [-0.4, -0.2) is 17.3 Å². The van der Waals surface area contributed by atoms with E-state index in [0.29, 0.717) is 23.3 Å². The fourth-order valence-electron chi connectivity index (χ4n) is 3.87. The standard InChI is InChI=1S/C16H20N2S/c1-11(2)18-14-8-4-3-6-12(14)13-7-5-9-15(16(13)18)19-10-17/h3-4,6,8,11,13,15-16H,5,7,9H2,1-2H3/t13-,15+,16+/m0/s1. The molecule has 1 saturated carbocycles. The number of nitrogens with zero attached hydrogens (tertiary/aromatic N) is 2. The van der Waals surface area contributed by atoms with Gasteiger partial charge >= 0.3 is 0 Å². The molecule has 19 heavy (non-hydrogen) atoms. The number of hydrogen-bond acceptors (Lipinski definition) is 3. The Balaban J connectivity index is 2.04. The summed E-state index contributed by atoms with van der Waals surface area (Å²) in [5.41, 5.74) is 2.90. The summed E-state index contributed by atoms with van der Waals surface area (Å²) in [4.78, 5) is 2.56. The number of benzene rings is 1. The number of anilines is 1. The minimum atomic E-state index is 0.457. The van der Waals surface area contributed by atoms with Gasteiger partial charge in [-0.05, 0) is 50.1 Å². The van der Waals surface area contributed by atoms with E-state index in [1.54, 1.807) is 0 Å². The van der Waals surface area contributed by atoms with Crippen molar-refractivity contribution in [2.45, 2.75) is 56.4 Å². The molecule has 1 heterocycles. The summed E-state index contributed by atoms with van der Waals surface area (Å²) in [6, 6.07) is 9.84. The van der Waals surface area contributed by atoms with Crippen molar-refractivity contribution in [3.05, 3.63) is 29.8 Å². The van der Waals surface area contributed by atoms with Gasteiger partial charge in [-0.2, -0.15) is 5.26 Å². The van der Waals surface area contributed by atoms with Crippen molar-refractivity contribution in [2.24, 2.45) is 0 Å². The van der Waals surface area contributed by atoms with Crippen LogP contribution in [0.2, 0.25) is 0 Å². The maximum atomic E-state index is 9.07. The molecule has 0 spiro atoms. The molecule has 1 aliphatic heterocycles. The molecule has 3 atom stereocenters. The minimum Gasteiger partial charge on any atom is -0.364 e. The van der Waals surface area contributed by atoms with Crippen molar-refractivity contribution in [3.63, 3.8) is 0 Å². The highest BCUT2D eigenvalue weighted by atomic mass is 32.2. The molecule has 1 aromatic rings. The lowest BCUT2D eigenvalue weighted by molar-refractivity contribution is 0.385. The predicted molar refractivity (Wildman–Crippen MR) is 81.4 cm³/mol. The van der Waals surface area contributed by atoms with E-state index in [1.165, 1.54) is 42.3 Å². The molecule has 3 heteroatoms. The Morgan fingerprint density at radius 1 is 1.32 bits per heavy atom. The molecule has 100 valence electrons. The maximum absolute atomic E-state index is 9.07. The first-order valence-corrected chi connectivity index (χ1v) is 8.04. The first-order valence-electron chi connectivity index (χ1n) is 7.16. The lowest BCUT2D eigenvalue weighted by Crippen LogP contribution is -2.47. The summed E-state index contributed by atoms with van der Waals surface area (Å²) in [5.74, 6) is 0.623.